The fourth-order valence-corrected chi connectivity index (χ4v) is 4.44. The molecule has 0 bridgehead atoms. The number of rotatable bonds is 8. The summed E-state index contributed by atoms with van der Waals surface area (Å²) in [5, 5.41) is 5.56. The fraction of sp³-hybridized carbons (Fsp3) is 0.471. The van der Waals surface area contributed by atoms with Crippen LogP contribution in [0.5, 0.6) is 0 Å². The van der Waals surface area contributed by atoms with Gasteiger partial charge >= 0.3 is 142 Å². The van der Waals surface area contributed by atoms with Crippen molar-refractivity contribution in [2.24, 2.45) is 5.41 Å². The van der Waals surface area contributed by atoms with Crippen molar-refractivity contribution in [3.8, 4) is 0 Å². The zero-order valence-corrected chi connectivity index (χ0v) is 15.0. The molecule has 0 saturated carbocycles. The molecule has 2 rings (SSSR count). The second kappa shape index (κ2) is 8.27. The molecule has 1 aliphatic rings. The normalized spacial score (nSPS) is 16.8. The molecule has 0 radical (unpaired) electrons. The summed E-state index contributed by atoms with van der Waals surface area (Å²) in [6, 6.07) is 9.79. The molecule has 1 aromatic rings. The van der Waals surface area contributed by atoms with E-state index in [1.807, 2.05) is 6.07 Å². The van der Waals surface area contributed by atoms with Crippen molar-refractivity contribution in [1.29, 1.82) is 0 Å². The van der Waals surface area contributed by atoms with E-state index in [0.717, 1.165) is 19.3 Å². The van der Waals surface area contributed by atoms with Gasteiger partial charge in [-0.3, -0.25) is 0 Å². The molecule has 1 saturated heterocycles. The van der Waals surface area contributed by atoms with Crippen LogP contribution in [-0.2, 0) is 9.59 Å². The van der Waals surface area contributed by atoms with Gasteiger partial charge in [-0.25, -0.2) is 0 Å². The molecule has 1 aliphatic heterocycles. The van der Waals surface area contributed by atoms with Gasteiger partial charge in [0.1, 0.15) is 0 Å². The van der Waals surface area contributed by atoms with Crippen molar-refractivity contribution in [2.75, 3.05) is 0 Å². The number of benzene rings is 1. The van der Waals surface area contributed by atoms with E-state index in [2.05, 4.69) is 34.9 Å². The number of unbranched alkanes of at least 4 members (excludes halogenated alkanes) is 3. The minimum absolute atomic E-state index is 0.474. The third-order valence-electron chi connectivity index (χ3n) is 4.04. The third kappa shape index (κ3) is 4.91. The summed E-state index contributed by atoms with van der Waals surface area (Å²) < 4.78 is 1.42. The van der Waals surface area contributed by atoms with Gasteiger partial charge in [0.2, 0.25) is 0 Å². The number of carbonyl (C=O) groups is 3. The van der Waals surface area contributed by atoms with E-state index < -0.39 is 23.3 Å². The Hall–Kier alpha value is -1.65. The molecule has 0 aromatic heterocycles. The van der Waals surface area contributed by atoms with Gasteiger partial charge < -0.3 is 0 Å². The molecule has 1 aromatic carbocycles. The first-order chi connectivity index (χ1) is 11.0. The molecular formula is C17H22N2O3Se. The van der Waals surface area contributed by atoms with Crippen molar-refractivity contribution in [3.63, 3.8) is 0 Å². The standard InChI is InChI=1S/C17H22N2O3Se/c1-17(14(20)18-16(22)19-15(17)21)11-7-2-3-8-12-23-13-9-5-4-6-10-13/h4-6,9-10H,2-3,7-8,11-12H2,1H3,(H2,18,19,20,21,22). The van der Waals surface area contributed by atoms with Gasteiger partial charge in [-0.05, 0) is 0 Å². The maximum atomic E-state index is 11.9. The fourth-order valence-electron chi connectivity index (χ4n) is 2.48. The summed E-state index contributed by atoms with van der Waals surface area (Å²) in [5.74, 6) is -0.975. The summed E-state index contributed by atoms with van der Waals surface area (Å²) in [4.78, 5) is 34.8. The van der Waals surface area contributed by atoms with Crippen LogP contribution in [-0.4, -0.2) is 32.8 Å². The van der Waals surface area contributed by atoms with Gasteiger partial charge in [-0.2, -0.15) is 0 Å². The number of hydrogen-bond acceptors (Lipinski definition) is 3. The Morgan fingerprint density at radius 2 is 1.52 bits per heavy atom. The predicted molar refractivity (Wildman–Crippen MR) is 89.5 cm³/mol. The zero-order valence-electron chi connectivity index (χ0n) is 13.3. The Kier molecular flexibility index (Phi) is 6.37. The average molecular weight is 381 g/mol. The van der Waals surface area contributed by atoms with Crippen molar-refractivity contribution < 1.29 is 14.4 Å². The van der Waals surface area contributed by atoms with Gasteiger partial charge in [0.25, 0.3) is 0 Å². The van der Waals surface area contributed by atoms with E-state index in [4.69, 9.17) is 0 Å². The number of carbonyl (C=O) groups excluding carboxylic acids is 3. The summed E-state index contributed by atoms with van der Waals surface area (Å²) in [5.41, 5.74) is -1.12. The molecule has 1 heterocycles. The molecule has 0 spiro atoms. The van der Waals surface area contributed by atoms with Crippen molar-refractivity contribution in [3.05, 3.63) is 30.3 Å². The number of amides is 4. The molecule has 0 atom stereocenters. The SMILES string of the molecule is CC1(CCCCCC[Se]c2ccccc2)C(=O)NC(=O)NC1=O. The van der Waals surface area contributed by atoms with E-state index in [0.29, 0.717) is 21.4 Å². The molecule has 124 valence electrons. The molecule has 0 unspecified atom stereocenters. The quantitative estimate of drug-likeness (QED) is 0.409. The molecule has 4 amide bonds. The van der Waals surface area contributed by atoms with Crippen LogP contribution in [0.1, 0.15) is 39.0 Å². The number of barbiturate groups is 1. The zero-order chi connectivity index (χ0) is 16.7. The van der Waals surface area contributed by atoms with E-state index in [-0.39, 0.29) is 0 Å². The van der Waals surface area contributed by atoms with Crippen LogP contribution in [0.4, 0.5) is 4.79 Å². The van der Waals surface area contributed by atoms with Crippen LogP contribution in [0.25, 0.3) is 0 Å². The van der Waals surface area contributed by atoms with Crippen LogP contribution in [0, 0.1) is 5.41 Å². The second-order valence-corrected chi connectivity index (χ2v) is 8.35. The summed E-state index contributed by atoms with van der Waals surface area (Å²) in [7, 11) is 0. The Morgan fingerprint density at radius 3 is 2.17 bits per heavy atom. The Bertz CT molecular complexity index is 554. The molecule has 2 N–H and O–H groups in total. The Morgan fingerprint density at radius 1 is 0.913 bits per heavy atom. The predicted octanol–water partition coefficient (Wildman–Crippen LogP) is 1.76. The maximum absolute atomic E-state index is 11.9. The van der Waals surface area contributed by atoms with Crippen LogP contribution in [0.3, 0.4) is 0 Å². The number of nitrogens with one attached hydrogen (secondary N) is 2. The van der Waals surface area contributed by atoms with Crippen molar-refractivity contribution in [2.45, 2.75) is 44.3 Å². The number of hydrogen-bond donors (Lipinski definition) is 2. The number of urea groups is 1. The number of imide groups is 2. The monoisotopic (exact) mass is 382 g/mol. The van der Waals surface area contributed by atoms with Gasteiger partial charge in [0.15, 0.2) is 0 Å². The molecular weight excluding hydrogens is 359 g/mol. The molecule has 5 nitrogen and oxygen atoms in total. The summed E-state index contributed by atoms with van der Waals surface area (Å²) in [6.45, 7) is 1.60. The van der Waals surface area contributed by atoms with E-state index in [9.17, 15) is 14.4 Å². The molecule has 23 heavy (non-hydrogen) atoms. The minimum atomic E-state index is -1.12. The van der Waals surface area contributed by atoms with E-state index in [1.165, 1.54) is 16.2 Å². The van der Waals surface area contributed by atoms with Gasteiger partial charge in [-0.1, -0.05) is 0 Å². The second-order valence-electron chi connectivity index (χ2n) is 5.90. The molecule has 0 aliphatic carbocycles. The van der Waals surface area contributed by atoms with Gasteiger partial charge in [-0.15, -0.1) is 0 Å². The molecule has 6 heteroatoms. The van der Waals surface area contributed by atoms with Crippen LogP contribution in [0.15, 0.2) is 30.3 Å². The first-order valence-corrected chi connectivity index (χ1v) is 9.94. The van der Waals surface area contributed by atoms with Crippen molar-refractivity contribution >= 4 is 37.3 Å². The van der Waals surface area contributed by atoms with Gasteiger partial charge in [0.05, 0.1) is 0 Å². The third-order valence-corrected chi connectivity index (χ3v) is 6.34. The Balaban J connectivity index is 1.62. The first-order valence-electron chi connectivity index (χ1n) is 7.87. The summed E-state index contributed by atoms with van der Waals surface area (Å²) >= 11 is 0.525. The summed E-state index contributed by atoms with van der Waals surface area (Å²) in [6.07, 6.45) is 4.55. The van der Waals surface area contributed by atoms with Gasteiger partial charge in [0, 0.05) is 0 Å². The average Bonchev–Trinajstić information content (AvgIpc) is 2.53. The molecule has 1 fully saturated rings. The van der Waals surface area contributed by atoms with Crippen LogP contribution < -0.4 is 15.1 Å². The van der Waals surface area contributed by atoms with Crippen LogP contribution >= 0.6 is 0 Å². The first kappa shape index (κ1) is 17.7. The van der Waals surface area contributed by atoms with E-state index in [1.54, 1.807) is 6.92 Å². The van der Waals surface area contributed by atoms with E-state index >= 15 is 0 Å². The van der Waals surface area contributed by atoms with Crippen molar-refractivity contribution in [1.82, 2.24) is 10.6 Å². The Labute approximate surface area is 142 Å². The van der Waals surface area contributed by atoms with Crippen LogP contribution in [0.2, 0.25) is 5.32 Å². The topological polar surface area (TPSA) is 75.3 Å².